The third-order valence-corrected chi connectivity index (χ3v) is 3.91. The summed E-state index contributed by atoms with van der Waals surface area (Å²) in [7, 11) is -4.18. The van der Waals surface area contributed by atoms with Gasteiger partial charge in [-0.05, 0) is 24.5 Å². The van der Waals surface area contributed by atoms with Crippen molar-refractivity contribution < 1.29 is 21.9 Å². The SMILES string of the molecule is CC(C)COCCCNS(=O)(=O)c1c(F)cccc1F. The Bertz CT molecular complexity index is 512. The quantitative estimate of drug-likeness (QED) is 0.750. The van der Waals surface area contributed by atoms with Crippen LogP contribution in [0.1, 0.15) is 20.3 Å². The van der Waals surface area contributed by atoms with Gasteiger partial charge in [-0.1, -0.05) is 19.9 Å². The van der Waals surface area contributed by atoms with Crippen LogP contribution in [0.25, 0.3) is 0 Å². The first-order valence-corrected chi connectivity index (χ1v) is 7.84. The summed E-state index contributed by atoms with van der Waals surface area (Å²) < 4.78 is 57.8. The first kappa shape index (κ1) is 17.0. The summed E-state index contributed by atoms with van der Waals surface area (Å²) in [6.45, 7) is 5.05. The van der Waals surface area contributed by atoms with Gasteiger partial charge in [0.1, 0.15) is 11.6 Å². The minimum Gasteiger partial charge on any atom is -0.381 e. The van der Waals surface area contributed by atoms with Crippen molar-refractivity contribution in [3.05, 3.63) is 29.8 Å². The lowest BCUT2D eigenvalue weighted by Crippen LogP contribution is -2.27. The molecule has 0 atom stereocenters. The molecule has 0 radical (unpaired) electrons. The summed E-state index contributed by atoms with van der Waals surface area (Å²) in [5.74, 6) is -1.80. The maximum Gasteiger partial charge on any atom is 0.246 e. The fourth-order valence-electron chi connectivity index (χ4n) is 1.51. The lowest BCUT2D eigenvalue weighted by Gasteiger charge is -2.09. The number of hydrogen-bond donors (Lipinski definition) is 1. The van der Waals surface area contributed by atoms with E-state index in [1.807, 2.05) is 13.8 Å². The average molecular weight is 307 g/mol. The lowest BCUT2D eigenvalue weighted by molar-refractivity contribution is 0.108. The van der Waals surface area contributed by atoms with E-state index >= 15 is 0 Å². The second-order valence-electron chi connectivity index (χ2n) is 4.77. The van der Waals surface area contributed by atoms with Gasteiger partial charge in [0.25, 0.3) is 0 Å². The van der Waals surface area contributed by atoms with Crippen LogP contribution >= 0.6 is 0 Å². The number of ether oxygens (including phenoxy) is 1. The third kappa shape index (κ3) is 5.15. The van der Waals surface area contributed by atoms with Gasteiger partial charge in [-0.2, -0.15) is 0 Å². The molecule has 1 N–H and O–H groups in total. The third-order valence-electron chi connectivity index (χ3n) is 2.40. The van der Waals surface area contributed by atoms with E-state index in [9.17, 15) is 17.2 Å². The minimum absolute atomic E-state index is 0.0637. The normalized spacial score (nSPS) is 12.1. The zero-order chi connectivity index (χ0) is 15.2. The predicted molar refractivity (Wildman–Crippen MR) is 71.8 cm³/mol. The molecule has 20 heavy (non-hydrogen) atoms. The van der Waals surface area contributed by atoms with Crippen LogP contribution < -0.4 is 4.72 Å². The van der Waals surface area contributed by atoms with Crippen LogP contribution in [0.4, 0.5) is 8.78 Å². The fraction of sp³-hybridized carbons (Fsp3) is 0.538. The number of rotatable bonds is 8. The molecule has 0 amide bonds. The molecule has 1 aromatic carbocycles. The van der Waals surface area contributed by atoms with Crippen LogP contribution in [-0.4, -0.2) is 28.2 Å². The van der Waals surface area contributed by atoms with Crippen molar-refractivity contribution in [3.8, 4) is 0 Å². The van der Waals surface area contributed by atoms with Gasteiger partial charge in [0.05, 0.1) is 0 Å². The van der Waals surface area contributed by atoms with E-state index in [1.54, 1.807) is 0 Å². The van der Waals surface area contributed by atoms with Crippen LogP contribution in [0, 0.1) is 17.6 Å². The standard InChI is InChI=1S/C13H19F2NO3S/c1-10(2)9-19-8-4-7-16-20(17,18)13-11(14)5-3-6-12(13)15/h3,5-6,10,16H,4,7-9H2,1-2H3. The molecule has 0 saturated heterocycles. The summed E-state index contributed by atoms with van der Waals surface area (Å²) in [6.07, 6.45) is 0.433. The minimum atomic E-state index is -4.18. The van der Waals surface area contributed by atoms with Crippen LogP contribution in [-0.2, 0) is 14.8 Å². The Balaban J connectivity index is 2.50. The molecule has 0 heterocycles. The lowest BCUT2D eigenvalue weighted by atomic mass is 10.2. The Kier molecular flexibility index (Phi) is 6.51. The van der Waals surface area contributed by atoms with Gasteiger partial charge in [0, 0.05) is 19.8 Å². The molecule has 4 nitrogen and oxygen atoms in total. The summed E-state index contributed by atoms with van der Waals surface area (Å²) >= 11 is 0. The van der Waals surface area contributed by atoms with Crippen LogP contribution in [0.5, 0.6) is 0 Å². The van der Waals surface area contributed by atoms with Gasteiger partial charge in [0.15, 0.2) is 4.90 Å². The van der Waals surface area contributed by atoms with Crippen molar-refractivity contribution in [1.29, 1.82) is 0 Å². The molecule has 0 aliphatic carbocycles. The van der Waals surface area contributed by atoms with Crippen LogP contribution in [0.15, 0.2) is 23.1 Å². The van der Waals surface area contributed by atoms with E-state index in [-0.39, 0.29) is 6.54 Å². The van der Waals surface area contributed by atoms with Gasteiger partial charge in [-0.3, -0.25) is 0 Å². The van der Waals surface area contributed by atoms with E-state index in [0.29, 0.717) is 25.6 Å². The van der Waals surface area contributed by atoms with Crippen molar-refractivity contribution in [2.24, 2.45) is 5.92 Å². The zero-order valence-electron chi connectivity index (χ0n) is 11.5. The Morgan fingerprint density at radius 3 is 2.40 bits per heavy atom. The maximum atomic E-state index is 13.4. The molecule has 0 aliphatic heterocycles. The number of benzene rings is 1. The Morgan fingerprint density at radius 2 is 1.85 bits per heavy atom. The second kappa shape index (κ2) is 7.66. The molecule has 0 aliphatic rings. The van der Waals surface area contributed by atoms with Gasteiger partial charge in [0.2, 0.25) is 10.0 Å². The smallest absolute Gasteiger partial charge is 0.246 e. The average Bonchev–Trinajstić information content (AvgIpc) is 2.32. The first-order chi connectivity index (χ1) is 9.34. The largest absolute Gasteiger partial charge is 0.381 e. The van der Waals surface area contributed by atoms with E-state index in [2.05, 4.69) is 4.72 Å². The molecule has 0 aromatic heterocycles. The maximum absolute atomic E-state index is 13.4. The molecule has 7 heteroatoms. The first-order valence-electron chi connectivity index (χ1n) is 6.36. The van der Waals surface area contributed by atoms with Crippen molar-refractivity contribution in [2.75, 3.05) is 19.8 Å². The molecule has 0 bridgehead atoms. The number of sulfonamides is 1. The number of halogens is 2. The molecule has 1 rings (SSSR count). The molecular weight excluding hydrogens is 288 g/mol. The summed E-state index contributed by atoms with van der Waals surface area (Å²) in [5.41, 5.74) is 0. The topological polar surface area (TPSA) is 55.4 Å². The van der Waals surface area contributed by atoms with E-state index in [4.69, 9.17) is 4.74 Å². The highest BCUT2D eigenvalue weighted by atomic mass is 32.2. The van der Waals surface area contributed by atoms with Gasteiger partial charge in [-0.15, -0.1) is 0 Å². The van der Waals surface area contributed by atoms with Crippen molar-refractivity contribution >= 4 is 10.0 Å². The van der Waals surface area contributed by atoms with Crippen molar-refractivity contribution in [2.45, 2.75) is 25.2 Å². The van der Waals surface area contributed by atoms with Crippen LogP contribution in [0.3, 0.4) is 0 Å². The number of nitrogens with one attached hydrogen (secondary N) is 1. The molecular formula is C13H19F2NO3S. The highest BCUT2D eigenvalue weighted by Gasteiger charge is 2.22. The molecule has 1 aromatic rings. The predicted octanol–water partition coefficient (Wildman–Crippen LogP) is 2.31. The Morgan fingerprint density at radius 1 is 1.25 bits per heavy atom. The summed E-state index contributed by atoms with van der Waals surface area (Å²) in [6, 6.07) is 2.93. The summed E-state index contributed by atoms with van der Waals surface area (Å²) in [4.78, 5) is -0.942. The Hall–Kier alpha value is -1.05. The van der Waals surface area contributed by atoms with Gasteiger partial charge < -0.3 is 4.74 Å². The van der Waals surface area contributed by atoms with Gasteiger partial charge >= 0.3 is 0 Å². The van der Waals surface area contributed by atoms with E-state index in [0.717, 1.165) is 18.2 Å². The molecule has 0 unspecified atom stereocenters. The number of hydrogen-bond acceptors (Lipinski definition) is 3. The van der Waals surface area contributed by atoms with Crippen LogP contribution in [0.2, 0.25) is 0 Å². The molecule has 0 fully saturated rings. The van der Waals surface area contributed by atoms with Gasteiger partial charge in [-0.25, -0.2) is 21.9 Å². The molecule has 114 valence electrons. The summed E-state index contributed by atoms with van der Waals surface area (Å²) in [5, 5.41) is 0. The van der Waals surface area contributed by atoms with E-state index < -0.39 is 26.6 Å². The van der Waals surface area contributed by atoms with Crippen molar-refractivity contribution in [3.63, 3.8) is 0 Å². The molecule has 0 saturated carbocycles. The van der Waals surface area contributed by atoms with Crippen molar-refractivity contribution in [1.82, 2.24) is 4.72 Å². The fourth-order valence-corrected chi connectivity index (χ4v) is 2.72. The van der Waals surface area contributed by atoms with E-state index in [1.165, 1.54) is 0 Å². The highest BCUT2D eigenvalue weighted by molar-refractivity contribution is 7.89. The molecule has 0 spiro atoms. The Labute approximate surface area is 118 Å². The monoisotopic (exact) mass is 307 g/mol. The second-order valence-corrected chi connectivity index (χ2v) is 6.47. The highest BCUT2D eigenvalue weighted by Crippen LogP contribution is 2.17. The zero-order valence-corrected chi connectivity index (χ0v) is 12.3.